The molecule has 0 aliphatic heterocycles. The average Bonchev–Trinajstić information content (AvgIpc) is 2.77. The van der Waals surface area contributed by atoms with E-state index in [1.807, 2.05) is 0 Å². The van der Waals surface area contributed by atoms with E-state index < -0.39 is 11.6 Å². The minimum atomic E-state index is -1.46. The lowest BCUT2D eigenvalue weighted by atomic mass is 9.95. The van der Waals surface area contributed by atoms with Gasteiger partial charge < -0.3 is 20.1 Å². The smallest absolute Gasteiger partial charge is 0.338 e. The van der Waals surface area contributed by atoms with Gasteiger partial charge in [-0.2, -0.15) is 0 Å². The van der Waals surface area contributed by atoms with Crippen LogP contribution in [0, 0.1) is 0 Å². The molecule has 0 bridgehead atoms. The van der Waals surface area contributed by atoms with Gasteiger partial charge in [0.1, 0.15) is 0 Å². The van der Waals surface area contributed by atoms with E-state index in [4.69, 9.17) is 0 Å². The van der Waals surface area contributed by atoms with Gasteiger partial charge in [-0.25, -0.2) is 4.79 Å². The van der Waals surface area contributed by atoms with Crippen molar-refractivity contribution in [2.75, 3.05) is 34.3 Å². The molecule has 2 N–H and O–H groups in total. The van der Waals surface area contributed by atoms with Crippen molar-refractivity contribution in [3.05, 3.63) is 0 Å². The van der Waals surface area contributed by atoms with Gasteiger partial charge in [0.2, 0.25) is 0 Å². The summed E-state index contributed by atoms with van der Waals surface area (Å²) in [5, 5.41) is 13.1. The van der Waals surface area contributed by atoms with Crippen LogP contribution in [0.3, 0.4) is 0 Å². The Kier molecular flexibility index (Phi) is 5.13. The summed E-state index contributed by atoms with van der Waals surface area (Å²) in [5.41, 5.74) is -1.30. The van der Waals surface area contributed by atoms with Gasteiger partial charge in [-0.1, -0.05) is 12.8 Å². The number of nitrogens with zero attached hydrogens (tertiary/aromatic N) is 1. The predicted octanol–water partition coefficient (Wildman–Crippen LogP) is 0.374. The van der Waals surface area contributed by atoms with Crippen LogP contribution in [0.15, 0.2) is 0 Å². The Balaban J connectivity index is 2.47. The second-order valence-electron chi connectivity index (χ2n) is 5.69. The molecule has 0 aromatic carbocycles. The highest BCUT2D eigenvalue weighted by atomic mass is 16.5. The Hall–Kier alpha value is -0.650. The van der Waals surface area contributed by atoms with E-state index in [0.29, 0.717) is 0 Å². The van der Waals surface area contributed by atoms with Crippen molar-refractivity contribution in [1.29, 1.82) is 0 Å². The van der Waals surface area contributed by atoms with Crippen molar-refractivity contribution in [3.8, 4) is 0 Å². The van der Waals surface area contributed by atoms with Crippen molar-refractivity contribution in [2.24, 2.45) is 0 Å². The van der Waals surface area contributed by atoms with Crippen LogP contribution in [-0.2, 0) is 9.53 Å². The molecule has 0 radical (unpaired) electrons. The summed E-state index contributed by atoms with van der Waals surface area (Å²) in [7, 11) is 5.46. The monoisotopic (exact) mass is 258 g/mol. The van der Waals surface area contributed by atoms with Crippen LogP contribution < -0.4 is 5.32 Å². The first-order valence-electron chi connectivity index (χ1n) is 6.53. The van der Waals surface area contributed by atoms with Gasteiger partial charge in [0.25, 0.3) is 0 Å². The summed E-state index contributed by atoms with van der Waals surface area (Å²) in [4.78, 5) is 13.6. The molecule has 1 rings (SSSR count). The fraction of sp³-hybridized carbons (Fsp3) is 0.923. The molecule has 1 fully saturated rings. The zero-order valence-electron chi connectivity index (χ0n) is 12.0. The van der Waals surface area contributed by atoms with E-state index in [0.717, 1.165) is 19.4 Å². The maximum atomic E-state index is 11.4. The van der Waals surface area contributed by atoms with Crippen molar-refractivity contribution in [3.63, 3.8) is 0 Å². The number of esters is 1. The number of methoxy groups -OCH3 is 1. The lowest BCUT2D eigenvalue weighted by Crippen LogP contribution is -2.53. The molecule has 106 valence electrons. The van der Waals surface area contributed by atoms with Crippen molar-refractivity contribution in [2.45, 2.75) is 43.7 Å². The quantitative estimate of drug-likeness (QED) is 0.674. The maximum absolute atomic E-state index is 11.4. The number of rotatable bonds is 6. The zero-order valence-corrected chi connectivity index (χ0v) is 12.0. The Morgan fingerprint density at radius 3 is 2.44 bits per heavy atom. The van der Waals surface area contributed by atoms with E-state index >= 15 is 0 Å². The summed E-state index contributed by atoms with van der Waals surface area (Å²) >= 11 is 0. The molecule has 1 atom stereocenters. The summed E-state index contributed by atoms with van der Waals surface area (Å²) in [6.07, 6.45) is 4.81. The number of carbonyl (C=O) groups is 1. The molecule has 0 amide bonds. The largest absolute Gasteiger partial charge is 0.467 e. The van der Waals surface area contributed by atoms with Gasteiger partial charge in [0, 0.05) is 18.6 Å². The highest BCUT2D eigenvalue weighted by Gasteiger charge is 2.37. The Morgan fingerprint density at radius 1 is 1.44 bits per heavy atom. The van der Waals surface area contributed by atoms with Crippen molar-refractivity contribution in [1.82, 2.24) is 10.2 Å². The number of likely N-dealkylation sites (N-methyl/N-ethyl adjacent to an activating group) is 1. The van der Waals surface area contributed by atoms with Crippen LogP contribution >= 0.6 is 0 Å². The lowest BCUT2D eigenvalue weighted by molar-refractivity contribution is -0.160. The minimum absolute atomic E-state index is 0.159. The molecular weight excluding hydrogens is 232 g/mol. The molecule has 5 nitrogen and oxygen atoms in total. The topological polar surface area (TPSA) is 61.8 Å². The third-order valence-electron chi connectivity index (χ3n) is 4.03. The van der Waals surface area contributed by atoms with Crippen molar-refractivity contribution < 1.29 is 14.6 Å². The van der Waals surface area contributed by atoms with Gasteiger partial charge in [-0.3, -0.25) is 0 Å². The standard InChI is InChI=1S/C13H26N2O3/c1-12(17,11(16)18-4)9-14-10-13(15(2)3)7-5-6-8-13/h14,17H,5-10H2,1-4H3. The molecule has 1 unspecified atom stereocenters. The van der Waals surface area contributed by atoms with Gasteiger partial charge in [-0.15, -0.1) is 0 Å². The van der Waals surface area contributed by atoms with Crippen LogP contribution in [0.5, 0.6) is 0 Å². The maximum Gasteiger partial charge on any atom is 0.338 e. The normalized spacial score (nSPS) is 21.9. The molecule has 1 aliphatic carbocycles. The Labute approximate surface area is 109 Å². The molecule has 0 spiro atoms. The molecular formula is C13H26N2O3. The van der Waals surface area contributed by atoms with Crippen molar-refractivity contribution >= 4 is 5.97 Å². The van der Waals surface area contributed by atoms with Gasteiger partial charge in [-0.05, 0) is 33.9 Å². The van der Waals surface area contributed by atoms with E-state index in [1.165, 1.54) is 26.9 Å². The fourth-order valence-corrected chi connectivity index (χ4v) is 2.65. The molecule has 1 aliphatic rings. The number of hydrogen-bond acceptors (Lipinski definition) is 5. The number of carbonyl (C=O) groups excluding carboxylic acids is 1. The van der Waals surface area contributed by atoms with E-state index in [1.54, 1.807) is 0 Å². The van der Waals surface area contributed by atoms with E-state index in [2.05, 4.69) is 29.0 Å². The summed E-state index contributed by atoms with van der Waals surface area (Å²) < 4.78 is 4.57. The second kappa shape index (κ2) is 5.99. The molecule has 0 heterocycles. The summed E-state index contributed by atoms with van der Waals surface area (Å²) in [6.45, 7) is 2.48. The first-order valence-corrected chi connectivity index (χ1v) is 6.53. The van der Waals surface area contributed by atoms with Crippen LogP contribution in [0.4, 0.5) is 0 Å². The first kappa shape index (κ1) is 15.4. The minimum Gasteiger partial charge on any atom is -0.467 e. The number of nitrogens with one attached hydrogen (secondary N) is 1. The first-order chi connectivity index (χ1) is 8.34. The third kappa shape index (κ3) is 3.43. The third-order valence-corrected chi connectivity index (χ3v) is 4.03. The average molecular weight is 258 g/mol. The van der Waals surface area contributed by atoms with Crippen LogP contribution in [0.2, 0.25) is 0 Å². The molecule has 0 saturated heterocycles. The lowest BCUT2D eigenvalue weighted by Gasteiger charge is -2.37. The number of ether oxygens (including phenoxy) is 1. The molecule has 1 saturated carbocycles. The highest BCUT2D eigenvalue weighted by molar-refractivity contribution is 5.78. The summed E-state index contributed by atoms with van der Waals surface area (Å²) in [5.74, 6) is -0.597. The van der Waals surface area contributed by atoms with Crippen LogP contribution in [-0.4, -0.2) is 61.4 Å². The molecule has 0 aromatic rings. The van der Waals surface area contributed by atoms with E-state index in [-0.39, 0.29) is 12.1 Å². The van der Waals surface area contributed by atoms with Gasteiger partial charge in [0.15, 0.2) is 5.60 Å². The van der Waals surface area contributed by atoms with Gasteiger partial charge >= 0.3 is 5.97 Å². The number of hydrogen-bond donors (Lipinski definition) is 2. The Bertz CT molecular complexity index is 284. The molecule has 18 heavy (non-hydrogen) atoms. The van der Waals surface area contributed by atoms with Crippen LogP contribution in [0.1, 0.15) is 32.6 Å². The second-order valence-corrected chi connectivity index (χ2v) is 5.69. The highest BCUT2D eigenvalue weighted by Crippen LogP contribution is 2.33. The molecule has 0 aromatic heterocycles. The summed E-state index contributed by atoms with van der Waals surface area (Å²) in [6, 6.07) is 0. The fourth-order valence-electron chi connectivity index (χ4n) is 2.65. The molecule has 5 heteroatoms. The number of aliphatic hydroxyl groups is 1. The Morgan fingerprint density at radius 2 is 2.00 bits per heavy atom. The van der Waals surface area contributed by atoms with Gasteiger partial charge in [0.05, 0.1) is 7.11 Å². The van der Waals surface area contributed by atoms with Crippen LogP contribution in [0.25, 0.3) is 0 Å². The van der Waals surface area contributed by atoms with E-state index in [9.17, 15) is 9.90 Å². The SMILES string of the molecule is COC(=O)C(C)(O)CNCC1(N(C)C)CCCC1. The zero-order chi connectivity index (χ0) is 13.8. The predicted molar refractivity (Wildman–Crippen MR) is 70.4 cm³/mol.